The normalized spacial score (nSPS) is 10.3. The van der Waals surface area contributed by atoms with Gasteiger partial charge >= 0.3 is 5.97 Å². The van der Waals surface area contributed by atoms with Crippen LogP contribution in [0.5, 0.6) is 5.75 Å². The molecule has 2 rings (SSSR count). The molecule has 21 heavy (non-hydrogen) atoms. The van der Waals surface area contributed by atoms with E-state index in [0.717, 1.165) is 0 Å². The quantitative estimate of drug-likeness (QED) is 0.852. The monoisotopic (exact) mass is 326 g/mol. The summed E-state index contributed by atoms with van der Waals surface area (Å²) < 4.78 is 14.7. The summed E-state index contributed by atoms with van der Waals surface area (Å²) in [6.07, 6.45) is 0. The van der Waals surface area contributed by atoms with Gasteiger partial charge in [-0.15, -0.1) is 0 Å². The highest BCUT2D eigenvalue weighted by Crippen LogP contribution is 2.27. The summed E-state index contributed by atoms with van der Waals surface area (Å²) in [5, 5.41) is 4.19. The average Bonchev–Trinajstić information content (AvgIpc) is 2.86. The van der Waals surface area contributed by atoms with Gasteiger partial charge in [0, 0.05) is 17.6 Å². The lowest BCUT2D eigenvalue weighted by Gasteiger charge is -2.10. The van der Waals surface area contributed by atoms with Crippen molar-refractivity contribution in [2.45, 2.75) is 13.5 Å². The molecule has 1 aromatic heterocycles. The van der Waals surface area contributed by atoms with Crippen LogP contribution in [0.25, 0.3) is 0 Å². The van der Waals surface area contributed by atoms with Gasteiger partial charge in [-0.3, -0.25) is 0 Å². The second kappa shape index (κ2) is 6.78. The molecule has 0 bridgehead atoms. The van der Waals surface area contributed by atoms with Gasteiger partial charge in [0.2, 0.25) is 0 Å². The van der Waals surface area contributed by atoms with Gasteiger partial charge in [0.25, 0.3) is 0 Å². The highest BCUT2D eigenvalue weighted by Gasteiger charge is 2.19. The zero-order chi connectivity index (χ0) is 15.4. The van der Waals surface area contributed by atoms with E-state index in [1.165, 1.54) is 11.5 Å². The summed E-state index contributed by atoms with van der Waals surface area (Å²) in [5.41, 5.74) is 1.82. The van der Waals surface area contributed by atoms with Crippen LogP contribution in [0.3, 0.4) is 0 Å². The number of nitrogens with one attached hydrogen (secondary N) is 1. The third-order valence-corrected chi connectivity index (χ3v) is 4.09. The maximum Gasteiger partial charge on any atom is 0.343 e. The molecule has 112 valence electrons. The van der Waals surface area contributed by atoms with E-state index >= 15 is 0 Å². The van der Waals surface area contributed by atoms with Gasteiger partial charge in [-0.05, 0) is 36.7 Å². The minimum absolute atomic E-state index is 0.0843. The molecule has 1 heterocycles. The van der Waals surface area contributed by atoms with Gasteiger partial charge in [0.1, 0.15) is 22.9 Å². The summed E-state index contributed by atoms with van der Waals surface area (Å²) >= 11 is 7.18. The minimum Gasteiger partial charge on any atom is -0.496 e. The van der Waals surface area contributed by atoms with Crippen LogP contribution >= 0.6 is 23.1 Å². The predicted octanol–water partition coefficient (Wildman–Crippen LogP) is 3.51. The number of esters is 1. The first-order valence-electron chi connectivity index (χ1n) is 6.20. The molecule has 0 aliphatic carbocycles. The first kappa shape index (κ1) is 15.6. The predicted molar refractivity (Wildman–Crippen MR) is 83.5 cm³/mol. The number of hydrogen-bond acceptors (Lipinski definition) is 6. The van der Waals surface area contributed by atoms with E-state index in [0.29, 0.717) is 32.6 Å². The molecule has 0 saturated heterocycles. The Bertz CT molecular complexity index is 658. The van der Waals surface area contributed by atoms with Crippen molar-refractivity contribution >= 4 is 34.1 Å². The summed E-state index contributed by atoms with van der Waals surface area (Å²) in [6, 6.07) is 5.17. The molecule has 1 aromatic carbocycles. The maximum atomic E-state index is 12.2. The molecule has 0 saturated carbocycles. The summed E-state index contributed by atoms with van der Waals surface area (Å²) in [4.78, 5) is 12.2. The van der Waals surface area contributed by atoms with Crippen LogP contribution in [-0.4, -0.2) is 24.5 Å². The Morgan fingerprint density at radius 1 is 1.48 bits per heavy atom. The van der Waals surface area contributed by atoms with Gasteiger partial charge in [0.15, 0.2) is 0 Å². The fourth-order valence-corrected chi connectivity index (χ4v) is 2.78. The number of carbonyl (C=O) groups excluding carboxylic acids is 1. The lowest BCUT2D eigenvalue weighted by molar-refractivity contribution is 0.0470. The van der Waals surface area contributed by atoms with Crippen LogP contribution in [0.15, 0.2) is 18.2 Å². The van der Waals surface area contributed by atoms with Gasteiger partial charge in [-0.1, -0.05) is 11.6 Å². The molecule has 0 aliphatic rings. The number of anilines is 1. The fourth-order valence-electron chi connectivity index (χ4n) is 1.86. The third-order valence-electron chi connectivity index (χ3n) is 2.90. The number of halogens is 1. The molecule has 0 radical (unpaired) electrons. The van der Waals surface area contributed by atoms with Crippen LogP contribution < -0.4 is 10.1 Å². The molecule has 0 unspecified atom stereocenters. The van der Waals surface area contributed by atoms with E-state index in [1.807, 2.05) is 0 Å². The van der Waals surface area contributed by atoms with Gasteiger partial charge in [-0.25, -0.2) is 4.79 Å². The van der Waals surface area contributed by atoms with E-state index in [4.69, 9.17) is 21.1 Å². The number of nitrogens with zero attached hydrogens (tertiary/aromatic N) is 1. The first-order valence-corrected chi connectivity index (χ1v) is 7.35. The Kier molecular flexibility index (Phi) is 5.03. The lowest BCUT2D eigenvalue weighted by Crippen LogP contribution is -2.08. The average molecular weight is 327 g/mol. The van der Waals surface area contributed by atoms with Crippen molar-refractivity contribution in [1.29, 1.82) is 0 Å². The molecule has 2 aromatic rings. The molecular formula is C14H15ClN2O3S. The van der Waals surface area contributed by atoms with Crippen molar-refractivity contribution in [1.82, 2.24) is 4.37 Å². The van der Waals surface area contributed by atoms with E-state index in [9.17, 15) is 4.79 Å². The van der Waals surface area contributed by atoms with E-state index in [1.54, 1.807) is 39.3 Å². The van der Waals surface area contributed by atoms with Crippen molar-refractivity contribution in [3.05, 3.63) is 40.0 Å². The molecule has 0 atom stereocenters. The number of aryl methyl sites for hydroxylation is 1. The lowest BCUT2D eigenvalue weighted by atomic mass is 10.2. The Morgan fingerprint density at radius 2 is 2.24 bits per heavy atom. The second-order valence-electron chi connectivity index (χ2n) is 4.25. The molecule has 0 aliphatic heterocycles. The largest absolute Gasteiger partial charge is 0.496 e. The molecule has 5 nitrogen and oxygen atoms in total. The number of benzene rings is 1. The number of hydrogen-bond donors (Lipinski definition) is 1. The Morgan fingerprint density at radius 3 is 2.90 bits per heavy atom. The standard InChI is InChI=1S/C14H15ClN2O3S/c1-8-12(13(16-2)21-17-8)14(18)20-7-9-6-10(15)4-5-11(9)19-3/h4-6,16H,7H2,1-3H3. The Balaban J connectivity index is 2.14. The molecule has 7 heteroatoms. The van der Waals surface area contributed by atoms with Crippen LogP contribution in [-0.2, 0) is 11.3 Å². The minimum atomic E-state index is -0.423. The third kappa shape index (κ3) is 3.46. The molecule has 0 spiro atoms. The van der Waals surface area contributed by atoms with Gasteiger partial charge < -0.3 is 14.8 Å². The Labute approximate surface area is 132 Å². The SMILES string of the molecule is CNc1snc(C)c1C(=O)OCc1cc(Cl)ccc1OC. The van der Waals surface area contributed by atoms with Crippen LogP contribution in [0.2, 0.25) is 5.02 Å². The maximum absolute atomic E-state index is 12.2. The van der Waals surface area contributed by atoms with Crippen LogP contribution in [0.1, 0.15) is 21.6 Å². The molecule has 0 amide bonds. The summed E-state index contributed by atoms with van der Waals surface area (Å²) in [7, 11) is 3.30. The van der Waals surface area contributed by atoms with E-state index in [2.05, 4.69) is 9.69 Å². The second-order valence-corrected chi connectivity index (χ2v) is 5.46. The number of methoxy groups -OCH3 is 1. The van der Waals surface area contributed by atoms with Crippen molar-refractivity contribution < 1.29 is 14.3 Å². The molecule has 0 fully saturated rings. The topological polar surface area (TPSA) is 60.5 Å². The highest BCUT2D eigenvalue weighted by molar-refractivity contribution is 7.10. The summed E-state index contributed by atoms with van der Waals surface area (Å²) in [6.45, 7) is 1.86. The number of carbonyl (C=O) groups is 1. The van der Waals surface area contributed by atoms with Gasteiger partial charge in [-0.2, -0.15) is 4.37 Å². The van der Waals surface area contributed by atoms with Gasteiger partial charge in [0.05, 0.1) is 12.8 Å². The first-order chi connectivity index (χ1) is 10.1. The van der Waals surface area contributed by atoms with Crippen molar-refractivity contribution in [3.8, 4) is 5.75 Å². The highest BCUT2D eigenvalue weighted by atomic mass is 35.5. The van der Waals surface area contributed by atoms with Crippen molar-refractivity contribution in [2.75, 3.05) is 19.5 Å². The number of rotatable bonds is 5. The van der Waals surface area contributed by atoms with Crippen molar-refractivity contribution in [3.63, 3.8) is 0 Å². The van der Waals surface area contributed by atoms with E-state index in [-0.39, 0.29) is 6.61 Å². The number of ether oxygens (including phenoxy) is 2. The van der Waals surface area contributed by atoms with Crippen molar-refractivity contribution in [2.24, 2.45) is 0 Å². The van der Waals surface area contributed by atoms with Crippen LogP contribution in [0, 0.1) is 6.92 Å². The molecule has 1 N–H and O–H groups in total. The van der Waals surface area contributed by atoms with E-state index < -0.39 is 5.97 Å². The zero-order valence-electron chi connectivity index (χ0n) is 11.9. The zero-order valence-corrected chi connectivity index (χ0v) is 13.5. The molecular weight excluding hydrogens is 312 g/mol. The smallest absolute Gasteiger partial charge is 0.343 e. The Hall–Kier alpha value is -1.79. The van der Waals surface area contributed by atoms with Crippen LogP contribution in [0.4, 0.5) is 5.00 Å². The number of aromatic nitrogens is 1. The summed E-state index contributed by atoms with van der Waals surface area (Å²) in [5.74, 6) is 0.203. The fraction of sp³-hybridized carbons (Fsp3) is 0.286.